The Bertz CT molecular complexity index is 3330. The zero-order valence-corrected chi connectivity index (χ0v) is 38.5. The Balaban J connectivity index is 1.23. The van der Waals surface area contributed by atoms with E-state index in [1.54, 1.807) is 0 Å². The van der Waals surface area contributed by atoms with Gasteiger partial charge in [0.05, 0.1) is 11.1 Å². The first-order chi connectivity index (χ1) is 31.6. The second-order valence-electron chi connectivity index (χ2n) is 20.2. The van der Waals surface area contributed by atoms with Crippen LogP contribution < -0.4 is 20.6 Å². The van der Waals surface area contributed by atoms with E-state index in [1.165, 1.54) is 113 Å². The van der Waals surface area contributed by atoms with Crippen LogP contribution in [0.1, 0.15) is 82.6 Å². The number of anilines is 5. The molecule has 2 aliphatic heterocycles. The fourth-order valence-corrected chi connectivity index (χ4v) is 11.6. The van der Waals surface area contributed by atoms with Crippen LogP contribution >= 0.6 is 0 Å². The summed E-state index contributed by atoms with van der Waals surface area (Å²) in [6, 6.07) is 61.6. The summed E-state index contributed by atoms with van der Waals surface area (Å²) in [5.41, 5.74) is 23.5. The molecule has 3 nitrogen and oxygen atoms in total. The van der Waals surface area contributed by atoms with E-state index in [-0.39, 0.29) is 17.7 Å². The van der Waals surface area contributed by atoms with Crippen LogP contribution in [0.2, 0.25) is 0 Å². The third kappa shape index (κ3) is 6.24. The number of furan rings is 1. The molecule has 0 radical (unpaired) electrons. The minimum Gasteiger partial charge on any atom is -0.456 e. The van der Waals surface area contributed by atoms with E-state index in [9.17, 15) is 0 Å². The largest absolute Gasteiger partial charge is 0.456 e. The van der Waals surface area contributed by atoms with E-state index < -0.39 is 0 Å². The maximum Gasteiger partial charge on any atom is 0.333 e. The molecule has 3 aliphatic rings. The van der Waals surface area contributed by atoms with E-state index in [1.807, 2.05) is 0 Å². The number of fused-ring (bicyclic) bond motifs is 9. The number of hydrogen-bond acceptors (Lipinski definition) is 3. The van der Waals surface area contributed by atoms with Gasteiger partial charge in [-0.3, -0.25) is 0 Å². The first-order valence-electron chi connectivity index (χ1n) is 23.8. The topological polar surface area (TPSA) is 19.6 Å². The Morgan fingerprint density at radius 2 is 1.22 bits per heavy atom. The number of hydrogen-bond donors (Lipinski definition) is 0. The molecule has 0 atom stereocenters. The van der Waals surface area contributed by atoms with Gasteiger partial charge in [0.2, 0.25) is 0 Å². The van der Waals surface area contributed by atoms with Crippen LogP contribution in [0.5, 0.6) is 0 Å². The molecule has 12 rings (SSSR count). The van der Waals surface area contributed by atoms with E-state index >= 15 is 0 Å². The van der Waals surface area contributed by atoms with Crippen LogP contribution in [0.4, 0.5) is 28.4 Å². The van der Waals surface area contributed by atoms with Crippen molar-refractivity contribution in [1.82, 2.24) is 0 Å². The van der Waals surface area contributed by atoms with Crippen molar-refractivity contribution in [3.8, 4) is 33.4 Å². The minimum absolute atomic E-state index is 0.0150. The second-order valence-corrected chi connectivity index (χ2v) is 20.2. The smallest absolute Gasteiger partial charge is 0.333 e. The Morgan fingerprint density at radius 3 is 1.92 bits per heavy atom. The van der Waals surface area contributed by atoms with Gasteiger partial charge in [-0.1, -0.05) is 162 Å². The van der Waals surface area contributed by atoms with Crippen LogP contribution in [0.15, 0.2) is 168 Å². The highest BCUT2D eigenvalue weighted by Crippen LogP contribution is 2.54. The highest BCUT2D eigenvalue weighted by molar-refractivity contribution is 6.94. The lowest BCUT2D eigenvalue weighted by Gasteiger charge is -2.48. The fraction of sp³-hybridized carbons (Fsp3) is 0.213. The Kier molecular flexibility index (Phi) is 9.11. The predicted octanol–water partition coefficient (Wildman–Crippen LogP) is 15.6. The molecule has 65 heavy (non-hydrogen) atoms. The Labute approximate surface area is 384 Å². The SMILES string of the molecule is CCCCc1ccc(N2c3cc4c(cc3B3c5c(cc6oc7ccccc7c6c52)-c2ccc(-c5ccccc5)cc2N3c2ccc(-c3ccccc3)cc2)C(C)(C)CCC4(C)C)c(C)c1. The summed E-state index contributed by atoms with van der Waals surface area (Å²) in [6.45, 7) is 14.3. The Hall–Kier alpha value is -6.78. The predicted molar refractivity (Wildman–Crippen MR) is 277 cm³/mol. The molecule has 0 bridgehead atoms. The number of aryl methyl sites for hydroxylation is 2. The van der Waals surface area contributed by atoms with Gasteiger partial charge in [0, 0.05) is 33.7 Å². The number of para-hydroxylation sites is 1. The fourth-order valence-electron chi connectivity index (χ4n) is 11.6. The molecule has 0 saturated heterocycles. The highest BCUT2D eigenvalue weighted by atomic mass is 16.3. The molecule has 318 valence electrons. The third-order valence-corrected chi connectivity index (χ3v) is 15.2. The van der Waals surface area contributed by atoms with Crippen molar-refractivity contribution < 1.29 is 4.42 Å². The van der Waals surface area contributed by atoms with Gasteiger partial charge in [-0.2, -0.15) is 0 Å². The van der Waals surface area contributed by atoms with Crippen LogP contribution in [0, 0.1) is 6.92 Å². The lowest BCUT2D eigenvalue weighted by atomic mass is 9.42. The van der Waals surface area contributed by atoms with Gasteiger partial charge in [-0.25, -0.2) is 0 Å². The first-order valence-corrected chi connectivity index (χ1v) is 23.8. The average Bonchev–Trinajstić information content (AvgIpc) is 3.71. The molecule has 1 aromatic heterocycles. The summed E-state index contributed by atoms with van der Waals surface area (Å²) in [5.74, 6) is 0. The van der Waals surface area contributed by atoms with Crippen molar-refractivity contribution in [2.75, 3.05) is 9.71 Å². The summed E-state index contributed by atoms with van der Waals surface area (Å²) in [7, 11) is 0. The summed E-state index contributed by atoms with van der Waals surface area (Å²) < 4.78 is 6.97. The van der Waals surface area contributed by atoms with Crippen LogP contribution in [-0.2, 0) is 17.3 Å². The zero-order chi connectivity index (χ0) is 44.2. The van der Waals surface area contributed by atoms with Crippen molar-refractivity contribution in [3.05, 3.63) is 186 Å². The average molecular weight is 843 g/mol. The van der Waals surface area contributed by atoms with Gasteiger partial charge in [-0.15, -0.1) is 0 Å². The number of benzene rings is 8. The van der Waals surface area contributed by atoms with E-state index in [2.05, 4.69) is 215 Å². The second kappa shape index (κ2) is 14.9. The molecule has 3 heterocycles. The maximum absolute atomic E-state index is 6.97. The van der Waals surface area contributed by atoms with Crippen molar-refractivity contribution in [2.45, 2.75) is 84.5 Å². The Morgan fingerprint density at radius 1 is 0.569 bits per heavy atom. The van der Waals surface area contributed by atoms with Crippen LogP contribution in [-0.4, -0.2) is 6.85 Å². The zero-order valence-electron chi connectivity index (χ0n) is 38.5. The van der Waals surface area contributed by atoms with Crippen molar-refractivity contribution >= 4 is 68.1 Å². The highest BCUT2D eigenvalue weighted by Gasteiger charge is 2.49. The molecular formula is C61H55BN2O. The molecule has 1 aliphatic carbocycles. The summed E-state index contributed by atoms with van der Waals surface area (Å²) >= 11 is 0. The van der Waals surface area contributed by atoms with Gasteiger partial charge in [-0.05, 0) is 147 Å². The van der Waals surface area contributed by atoms with Gasteiger partial charge in [0.1, 0.15) is 11.2 Å². The van der Waals surface area contributed by atoms with Crippen LogP contribution in [0.25, 0.3) is 55.3 Å². The molecule has 0 N–H and O–H groups in total. The van der Waals surface area contributed by atoms with Gasteiger partial charge in [0.15, 0.2) is 0 Å². The molecule has 0 fully saturated rings. The molecule has 9 aromatic rings. The lowest BCUT2D eigenvalue weighted by Crippen LogP contribution is -2.62. The first kappa shape index (κ1) is 39.8. The number of nitrogens with zero attached hydrogens (tertiary/aromatic N) is 2. The number of unbranched alkanes of at least 4 members (excludes halogenated alkanes) is 1. The van der Waals surface area contributed by atoms with E-state index in [4.69, 9.17) is 4.42 Å². The normalized spacial score (nSPS) is 15.4. The van der Waals surface area contributed by atoms with Gasteiger partial charge < -0.3 is 14.1 Å². The van der Waals surface area contributed by atoms with Gasteiger partial charge >= 0.3 is 6.85 Å². The van der Waals surface area contributed by atoms with Gasteiger partial charge in [0.25, 0.3) is 0 Å². The molecular weight excluding hydrogens is 787 g/mol. The summed E-state index contributed by atoms with van der Waals surface area (Å²) in [4.78, 5) is 5.34. The molecule has 4 heteroatoms. The van der Waals surface area contributed by atoms with Crippen LogP contribution in [0.3, 0.4) is 0 Å². The van der Waals surface area contributed by atoms with Crippen molar-refractivity contribution in [1.29, 1.82) is 0 Å². The van der Waals surface area contributed by atoms with E-state index in [0.29, 0.717) is 0 Å². The number of rotatable bonds is 7. The molecule has 0 unspecified atom stereocenters. The monoisotopic (exact) mass is 842 g/mol. The molecule has 0 amide bonds. The van der Waals surface area contributed by atoms with E-state index in [0.717, 1.165) is 35.8 Å². The maximum atomic E-state index is 6.97. The minimum atomic E-state index is -0.138. The molecule has 0 saturated carbocycles. The van der Waals surface area contributed by atoms with Crippen molar-refractivity contribution in [3.63, 3.8) is 0 Å². The van der Waals surface area contributed by atoms with Crippen molar-refractivity contribution in [2.24, 2.45) is 0 Å². The standard InChI is InChI=1S/C61H55BN2O/c1-7-8-17-40-24-31-52(39(2)34-40)63-54-38-50-49(60(3,4)32-33-61(50,5)6)37-51(54)62-58-48(36-56-57(59(58)63)47-22-15-16-23-55(47)65-56)46-30-27-44(42-20-13-10-14-21-42)35-53(46)64(62)45-28-25-43(26-29-45)41-18-11-9-12-19-41/h9-16,18-31,34-38H,7-8,17,32-33H2,1-6H3. The lowest BCUT2D eigenvalue weighted by molar-refractivity contribution is 0.332. The molecule has 0 spiro atoms. The molecule has 8 aromatic carbocycles. The third-order valence-electron chi connectivity index (χ3n) is 15.2. The summed E-state index contributed by atoms with van der Waals surface area (Å²) in [5, 5.41) is 2.32. The summed E-state index contributed by atoms with van der Waals surface area (Å²) in [6.07, 6.45) is 5.75. The quantitative estimate of drug-likeness (QED) is 0.149.